The van der Waals surface area contributed by atoms with Crippen molar-refractivity contribution in [2.45, 2.75) is 23.5 Å². The lowest BCUT2D eigenvalue weighted by Crippen LogP contribution is -2.46. The van der Waals surface area contributed by atoms with Crippen LogP contribution in [-0.2, 0) is 13.1 Å². The standard InChI is InChI=1S/C22H20Cl2N4OS/c23-16-7-3-5-14(11-16)13-26-21(29)27-22-28(18-9-1-2-10-19(18)30-22)20-15(12-25)6-4-8-17(20)24/h1-11,22H,12-13,25H2,(H2,26,27,29). The highest BCUT2D eigenvalue weighted by molar-refractivity contribution is 8.00. The van der Waals surface area contributed by atoms with Gasteiger partial charge in [0.25, 0.3) is 0 Å². The molecular formula is C22H20Cl2N4OS. The minimum atomic E-state index is -0.369. The molecule has 0 aromatic heterocycles. The van der Waals surface area contributed by atoms with E-state index in [1.807, 2.05) is 65.6 Å². The van der Waals surface area contributed by atoms with E-state index in [4.69, 9.17) is 28.9 Å². The Bertz CT molecular complexity index is 1080. The molecule has 0 spiro atoms. The van der Waals surface area contributed by atoms with E-state index in [2.05, 4.69) is 10.6 Å². The Kier molecular flexibility index (Phi) is 6.39. The van der Waals surface area contributed by atoms with Gasteiger partial charge >= 0.3 is 6.03 Å². The molecule has 2 amide bonds. The molecule has 3 aromatic carbocycles. The Balaban J connectivity index is 1.57. The van der Waals surface area contributed by atoms with Gasteiger partial charge in [-0.05, 0) is 41.5 Å². The van der Waals surface area contributed by atoms with Crippen molar-refractivity contribution in [3.8, 4) is 0 Å². The van der Waals surface area contributed by atoms with Crippen LogP contribution in [0.1, 0.15) is 11.1 Å². The fourth-order valence-corrected chi connectivity index (χ4v) is 5.05. The molecule has 0 aliphatic carbocycles. The lowest BCUT2D eigenvalue weighted by Gasteiger charge is -2.30. The van der Waals surface area contributed by atoms with E-state index in [1.165, 1.54) is 0 Å². The van der Waals surface area contributed by atoms with Gasteiger partial charge in [0.05, 0.1) is 16.4 Å². The summed E-state index contributed by atoms with van der Waals surface area (Å²) >= 11 is 14.1. The van der Waals surface area contributed by atoms with Crippen LogP contribution in [-0.4, -0.2) is 11.5 Å². The summed E-state index contributed by atoms with van der Waals surface area (Å²) in [5.74, 6) is 0. The van der Waals surface area contributed by atoms with Crippen molar-refractivity contribution in [1.29, 1.82) is 0 Å². The Morgan fingerprint density at radius 3 is 2.67 bits per heavy atom. The van der Waals surface area contributed by atoms with Gasteiger partial charge in [0.2, 0.25) is 0 Å². The maximum Gasteiger partial charge on any atom is 0.317 e. The van der Waals surface area contributed by atoms with Gasteiger partial charge in [-0.2, -0.15) is 0 Å². The molecule has 4 N–H and O–H groups in total. The minimum Gasteiger partial charge on any atom is -0.334 e. The molecule has 0 bridgehead atoms. The van der Waals surface area contributed by atoms with Crippen LogP contribution in [0.3, 0.4) is 0 Å². The second-order valence-corrected chi connectivity index (χ2v) is 8.68. The zero-order chi connectivity index (χ0) is 21.1. The summed E-state index contributed by atoms with van der Waals surface area (Å²) in [7, 11) is 0. The fraction of sp³-hybridized carbons (Fsp3) is 0.136. The van der Waals surface area contributed by atoms with E-state index in [9.17, 15) is 4.79 Å². The first-order chi connectivity index (χ1) is 14.6. The molecule has 0 radical (unpaired) electrons. The number of amides is 2. The molecule has 0 saturated carbocycles. The molecular weight excluding hydrogens is 439 g/mol. The first kappa shape index (κ1) is 20.9. The van der Waals surface area contributed by atoms with Crippen molar-refractivity contribution >= 4 is 52.4 Å². The highest BCUT2D eigenvalue weighted by Crippen LogP contribution is 2.49. The Hall–Kier alpha value is -2.38. The molecule has 3 aromatic rings. The Labute approximate surface area is 189 Å². The number of benzene rings is 3. The maximum atomic E-state index is 12.7. The number of carbonyl (C=O) groups excluding carboxylic acids is 1. The molecule has 1 unspecified atom stereocenters. The van der Waals surface area contributed by atoms with Crippen LogP contribution in [0.4, 0.5) is 16.2 Å². The van der Waals surface area contributed by atoms with Crippen LogP contribution in [0.5, 0.6) is 0 Å². The van der Waals surface area contributed by atoms with Gasteiger partial charge in [-0.3, -0.25) is 0 Å². The number of fused-ring (bicyclic) bond motifs is 1. The van der Waals surface area contributed by atoms with Crippen LogP contribution in [0.15, 0.2) is 71.6 Å². The SMILES string of the molecule is NCc1cccc(Cl)c1N1c2ccccc2SC1NC(=O)NCc1cccc(Cl)c1. The second-order valence-electron chi connectivity index (χ2n) is 6.72. The van der Waals surface area contributed by atoms with Crippen molar-refractivity contribution in [3.63, 3.8) is 0 Å². The third-order valence-electron chi connectivity index (χ3n) is 4.73. The summed E-state index contributed by atoms with van der Waals surface area (Å²) in [5.41, 5.74) is 9.22. The Morgan fingerprint density at radius 1 is 1.07 bits per heavy atom. The molecule has 154 valence electrons. The molecule has 0 saturated heterocycles. The normalized spacial score (nSPS) is 15.0. The number of carbonyl (C=O) groups is 1. The number of urea groups is 1. The number of hydrogen-bond donors (Lipinski definition) is 3. The van der Waals surface area contributed by atoms with E-state index in [0.29, 0.717) is 23.1 Å². The van der Waals surface area contributed by atoms with E-state index in [1.54, 1.807) is 17.8 Å². The van der Waals surface area contributed by atoms with E-state index >= 15 is 0 Å². The van der Waals surface area contributed by atoms with Gasteiger partial charge in [0.1, 0.15) is 0 Å². The van der Waals surface area contributed by atoms with Crippen LogP contribution < -0.4 is 21.3 Å². The molecule has 0 fully saturated rings. The van der Waals surface area contributed by atoms with Gasteiger partial charge in [-0.15, -0.1) is 0 Å². The molecule has 5 nitrogen and oxygen atoms in total. The lowest BCUT2D eigenvalue weighted by molar-refractivity contribution is 0.240. The summed E-state index contributed by atoms with van der Waals surface area (Å²) in [6, 6.07) is 20.7. The van der Waals surface area contributed by atoms with E-state index in [0.717, 1.165) is 27.4 Å². The number of thioether (sulfide) groups is 1. The van der Waals surface area contributed by atoms with Crippen LogP contribution in [0, 0.1) is 0 Å². The van der Waals surface area contributed by atoms with Gasteiger partial charge in [0.15, 0.2) is 5.50 Å². The summed E-state index contributed by atoms with van der Waals surface area (Å²) in [5, 5.41) is 7.15. The molecule has 1 atom stereocenters. The topological polar surface area (TPSA) is 70.4 Å². The number of hydrogen-bond acceptors (Lipinski definition) is 4. The highest BCUT2D eigenvalue weighted by Gasteiger charge is 2.34. The van der Waals surface area contributed by atoms with Crippen molar-refractivity contribution in [2.24, 2.45) is 5.73 Å². The van der Waals surface area contributed by atoms with E-state index in [-0.39, 0.29) is 11.5 Å². The monoisotopic (exact) mass is 458 g/mol. The molecule has 8 heteroatoms. The minimum absolute atomic E-state index is 0.286. The van der Waals surface area contributed by atoms with Gasteiger partial charge in [0, 0.05) is 23.0 Å². The molecule has 1 aliphatic rings. The number of halogens is 2. The lowest BCUT2D eigenvalue weighted by atomic mass is 10.1. The third kappa shape index (κ3) is 4.37. The molecule has 1 aliphatic heterocycles. The molecule has 4 rings (SSSR count). The second kappa shape index (κ2) is 9.18. The zero-order valence-electron chi connectivity index (χ0n) is 15.9. The van der Waals surface area contributed by atoms with Gasteiger partial charge < -0.3 is 21.3 Å². The maximum absolute atomic E-state index is 12.7. The quantitative estimate of drug-likeness (QED) is 0.473. The third-order valence-corrected chi connectivity index (χ3v) is 6.42. The summed E-state index contributed by atoms with van der Waals surface area (Å²) in [6.07, 6.45) is 0. The predicted octanol–water partition coefficient (Wildman–Crippen LogP) is 5.48. The summed E-state index contributed by atoms with van der Waals surface area (Å²) in [6.45, 7) is 0.712. The molecule has 1 heterocycles. The number of anilines is 2. The van der Waals surface area contributed by atoms with Crippen molar-refractivity contribution in [3.05, 3.63) is 87.9 Å². The van der Waals surface area contributed by atoms with Gasteiger partial charge in [-0.1, -0.05) is 71.4 Å². The zero-order valence-corrected chi connectivity index (χ0v) is 18.3. The summed E-state index contributed by atoms with van der Waals surface area (Å²) < 4.78 is 0. The average Bonchev–Trinajstić information content (AvgIpc) is 3.09. The summed E-state index contributed by atoms with van der Waals surface area (Å²) in [4.78, 5) is 15.8. The largest absolute Gasteiger partial charge is 0.334 e. The highest BCUT2D eigenvalue weighted by atomic mass is 35.5. The fourth-order valence-electron chi connectivity index (χ4n) is 3.37. The first-order valence-corrected chi connectivity index (χ1v) is 11.0. The smallest absolute Gasteiger partial charge is 0.317 e. The number of nitrogens with one attached hydrogen (secondary N) is 2. The van der Waals surface area contributed by atoms with Crippen LogP contribution >= 0.6 is 35.0 Å². The van der Waals surface area contributed by atoms with Crippen LogP contribution in [0.2, 0.25) is 10.0 Å². The number of para-hydroxylation sites is 2. The number of rotatable bonds is 5. The van der Waals surface area contributed by atoms with Gasteiger partial charge in [-0.25, -0.2) is 4.79 Å². The number of nitrogens with zero attached hydrogens (tertiary/aromatic N) is 1. The average molecular weight is 459 g/mol. The Morgan fingerprint density at radius 2 is 1.87 bits per heavy atom. The number of nitrogens with two attached hydrogens (primary N) is 1. The van der Waals surface area contributed by atoms with Crippen molar-refractivity contribution < 1.29 is 4.79 Å². The molecule has 30 heavy (non-hydrogen) atoms. The van der Waals surface area contributed by atoms with Crippen molar-refractivity contribution in [2.75, 3.05) is 4.90 Å². The van der Waals surface area contributed by atoms with Crippen molar-refractivity contribution in [1.82, 2.24) is 10.6 Å². The van der Waals surface area contributed by atoms with Crippen LogP contribution in [0.25, 0.3) is 0 Å². The predicted molar refractivity (Wildman–Crippen MR) is 124 cm³/mol. The van der Waals surface area contributed by atoms with E-state index < -0.39 is 0 Å². The first-order valence-electron chi connectivity index (χ1n) is 9.38.